The van der Waals surface area contributed by atoms with Gasteiger partial charge in [0.2, 0.25) is 0 Å². The zero-order chi connectivity index (χ0) is 18.0. The van der Waals surface area contributed by atoms with Crippen molar-refractivity contribution in [2.75, 3.05) is 6.26 Å². The topological polar surface area (TPSA) is 54.4 Å². The summed E-state index contributed by atoms with van der Waals surface area (Å²) in [4.78, 5) is 0. The van der Waals surface area contributed by atoms with Gasteiger partial charge in [-0.2, -0.15) is 8.42 Å². The van der Waals surface area contributed by atoms with Crippen LogP contribution < -0.4 is 0 Å². The summed E-state index contributed by atoms with van der Waals surface area (Å²) in [5.41, 5.74) is 0. The van der Waals surface area contributed by atoms with E-state index >= 15 is 0 Å². The summed E-state index contributed by atoms with van der Waals surface area (Å²) in [6.45, 7) is 0. The van der Waals surface area contributed by atoms with E-state index in [9.17, 15) is 60.2 Å². The second-order valence-corrected chi connectivity index (χ2v) is 3.68. The fourth-order valence-electron chi connectivity index (χ4n) is 0. The Labute approximate surface area is 122 Å². The molecule has 0 aromatic heterocycles. The number of hydrogen-bond donors (Lipinski definition) is 1. The first-order valence-electron chi connectivity index (χ1n) is 3.54. The van der Waals surface area contributed by atoms with Gasteiger partial charge in [0.25, 0.3) is 10.1 Å². The van der Waals surface area contributed by atoms with E-state index in [1.165, 1.54) is 0 Å². The van der Waals surface area contributed by atoms with E-state index in [4.69, 9.17) is 4.55 Å². The molecule has 1 N–H and O–H groups in total. The van der Waals surface area contributed by atoms with Crippen molar-refractivity contribution in [3.63, 3.8) is 0 Å². The first kappa shape index (κ1) is 32.7. The number of hydrogen-bond acceptors (Lipinski definition) is 2. The summed E-state index contributed by atoms with van der Waals surface area (Å²) >= 11 is 0. The molecule has 3 nitrogen and oxygen atoms in total. The summed E-state index contributed by atoms with van der Waals surface area (Å²) in [6, 6.07) is 0. The van der Waals surface area contributed by atoms with Gasteiger partial charge in [-0.25, -0.2) is 0 Å². The zero-order valence-electron chi connectivity index (χ0n) is 8.94. The van der Waals surface area contributed by atoms with Crippen molar-refractivity contribution in [2.24, 2.45) is 0 Å². The quantitative estimate of drug-likeness (QED) is 0.409. The van der Waals surface area contributed by atoms with Crippen molar-refractivity contribution in [3.8, 4) is 0 Å². The van der Waals surface area contributed by atoms with Crippen LogP contribution in [0, 0.1) is 0 Å². The molecule has 0 aliphatic heterocycles. The van der Waals surface area contributed by atoms with Gasteiger partial charge >= 0.3 is 40.6 Å². The first-order chi connectivity index (χ1) is 8.00. The molecule has 0 bridgehead atoms. The van der Waals surface area contributed by atoms with Crippen molar-refractivity contribution in [1.82, 2.24) is 0 Å². The van der Waals surface area contributed by atoms with Gasteiger partial charge in [0, 0.05) is 0 Å². The van der Waals surface area contributed by atoms with Crippen molar-refractivity contribution in [2.45, 2.75) is 0 Å². The van der Waals surface area contributed by atoms with Gasteiger partial charge in [0.15, 0.2) is 0 Å². The van der Waals surface area contributed by atoms with Gasteiger partial charge < -0.3 is 51.8 Å². The minimum absolute atomic E-state index is 0. The van der Waals surface area contributed by atoms with Gasteiger partial charge in [-0.15, -0.1) is 0 Å². The maximum atomic E-state index is 9.75. The SMILES string of the molecule is CS(=O)(=O)O.F[B-](F)(F)F.F[B-](F)(F)F.F[B-](F)(F)F.[LiH]. The molecule has 0 aromatic carbocycles. The molecule has 0 atom stereocenters. The molecule has 0 saturated carbocycles. The van der Waals surface area contributed by atoms with Crippen molar-refractivity contribution >= 4 is 50.7 Å². The molecular weight excluding hydrogens is 359 g/mol. The van der Waals surface area contributed by atoms with Crippen molar-refractivity contribution < 1.29 is 64.8 Å². The molecule has 0 aliphatic carbocycles. The molecule has 0 spiro atoms. The normalized spacial score (nSPS) is 11.3. The second-order valence-electron chi connectivity index (χ2n) is 2.22. The standard InChI is InChI=1S/CH4O3S.3BF4.Li.H/c1-5(2,3)4;3*2-1(3,4)5;;/h1H3,(H,2,3,4);;;;;/q;3*-1;;. The van der Waals surface area contributed by atoms with Gasteiger partial charge in [-0.1, -0.05) is 0 Å². The van der Waals surface area contributed by atoms with Crippen molar-refractivity contribution in [1.29, 1.82) is 0 Å². The molecule has 20 heteroatoms. The molecule has 0 unspecified atom stereocenters. The van der Waals surface area contributed by atoms with Crippen LogP contribution >= 0.6 is 0 Å². The molecular formula is CH5B3F12LiO3S-3. The van der Waals surface area contributed by atoms with E-state index in [-0.39, 0.29) is 18.9 Å². The molecule has 0 amide bonds. The molecule has 0 aliphatic rings. The molecule has 0 heterocycles. The summed E-state index contributed by atoms with van der Waals surface area (Å²) in [7, 11) is -21.7. The molecule has 0 saturated heterocycles. The monoisotopic (exact) mass is 365 g/mol. The zero-order valence-corrected chi connectivity index (χ0v) is 9.76. The molecule has 130 valence electrons. The third-order valence-electron chi connectivity index (χ3n) is 0. The van der Waals surface area contributed by atoms with Gasteiger partial charge in [0.05, 0.1) is 6.26 Å². The van der Waals surface area contributed by atoms with Crippen LogP contribution in [0.3, 0.4) is 0 Å². The first-order valence-corrected chi connectivity index (χ1v) is 5.39. The van der Waals surface area contributed by atoms with Crippen LogP contribution in [0.5, 0.6) is 0 Å². The molecule has 0 rings (SSSR count). The number of halogens is 12. The van der Waals surface area contributed by atoms with E-state index in [0.717, 1.165) is 0 Å². The Kier molecular flexibility index (Phi) is 19.3. The van der Waals surface area contributed by atoms with Gasteiger partial charge in [0.1, 0.15) is 0 Å². The number of rotatable bonds is 0. The average molecular weight is 364 g/mol. The van der Waals surface area contributed by atoms with Crippen LogP contribution in [0.2, 0.25) is 0 Å². The predicted molar refractivity (Wildman–Crippen MR) is 55.2 cm³/mol. The summed E-state index contributed by atoms with van der Waals surface area (Å²) in [5.74, 6) is 0. The summed E-state index contributed by atoms with van der Waals surface area (Å²) in [5, 5.41) is 0. The fraction of sp³-hybridized carbons (Fsp3) is 1.00. The van der Waals surface area contributed by atoms with Gasteiger partial charge in [-0.05, 0) is 0 Å². The van der Waals surface area contributed by atoms with Crippen molar-refractivity contribution in [3.05, 3.63) is 0 Å². The Morgan fingerprint density at radius 3 is 0.619 bits per heavy atom. The molecule has 0 aromatic rings. The summed E-state index contributed by atoms with van der Waals surface area (Å²) in [6.07, 6.45) is 0.715. The fourth-order valence-corrected chi connectivity index (χ4v) is 0. The Morgan fingerprint density at radius 2 is 0.619 bits per heavy atom. The molecule has 0 fully saturated rings. The Bertz CT molecular complexity index is 264. The third kappa shape index (κ3) is 334000. The summed E-state index contributed by atoms with van der Waals surface area (Å²) < 4.78 is 143. The van der Waals surface area contributed by atoms with Crippen LogP contribution in [-0.2, 0) is 10.1 Å². The average Bonchev–Trinajstić information content (AvgIpc) is 1.62. The predicted octanol–water partition coefficient (Wildman–Crippen LogP) is 2.76. The Balaban J connectivity index is -0.0000000533. The third-order valence-corrected chi connectivity index (χ3v) is 0. The van der Waals surface area contributed by atoms with Crippen LogP contribution in [0.4, 0.5) is 51.8 Å². The van der Waals surface area contributed by atoms with E-state index in [2.05, 4.69) is 0 Å². The minimum atomic E-state index is -6.00. The molecule has 0 radical (unpaired) electrons. The van der Waals surface area contributed by atoms with Crippen LogP contribution in [0.1, 0.15) is 0 Å². The van der Waals surface area contributed by atoms with Crippen LogP contribution in [0.25, 0.3) is 0 Å². The Hall–Kier alpha value is -0.138. The van der Waals surface area contributed by atoms with E-state index in [0.29, 0.717) is 6.26 Å². The van der Waals surface area contributed by atoms with E-state index < -0.39 is 31.9 Å². The molecule has 21 heavy (non-hydrogen) atoms. The van der Waals surface area contributed by atoms with Gasteiger partial charge in [-0.3, -0.25) is 4.55 Å². The Morgan fingerprint density at radius 1 is 0.619 bits per heavy atom. The second kappa shape index (κ2) is 12.4. The van der Waals surface area contributed by atoms with Crippen LogP contribution in [0.15, 0.2) is 0 Å². The maximum absolute atomic E-state index is 9.75. The van der Waals surface area contributed by atoms with E-state index in [1.807, 2.05) is 0 Å². The van der Waals surface area contributed by atoms with Crippen LogP contribution in [-0.4, -0.2) is 59.9 Å². The van der Waals surface area contributed by atoms with E-state index in [1.54, 1.807) is 0 Å².